The van der Waals surface area contributed by atoms with Gasteiger partial charge in [-0.25, -0.2) is 0 Å². The number of hydrogen-bond acceptors (Lipinski definition) is 2. The molecule has 3 heteroatoms. The Bertz CT molecular complexity index is 37.8. The molecule has 0 fully saturated rings. The normalized spacial score (nSPS) is 7.50. The van der Waals surface area contributed by atoms with Crippen molar-refractivity contribution in [2.75, 3.05) is 13.1 Å². The fourth-order valence-corrected chi connectivity index (χ4v) is 0.260. The standard InChI is InChI=1S/C3H8N2S/c4-1-2-5-3-6/h3H,1-2,4H2,(H,5,6). The van der Waals surface area contributed by atoms with Crippen LogP contribution in [0.3, 0.4) is 0 Å². The molecule has 0 aromatic carbocycles. The predicted octanol–water partition coefficient (Wildman–Crippen LogP) is -0.508. The van der Waals surface area contributed by atoms with Gasteiger partial charge in [0.25, 0.3) is 0 Å². The van der Waals surface area contributed by atoms with Gasteiger partial charge in [-0.3, -0.25) is 0 Å². The van der Waals surface area contributed by atoms with Gasteiger partial charge in [0.2, 0.25) is 0 Å². The third kappa shape index (κ3) is 3.85. The Morgan fingerprint density at radius 2 is 2.50 bits per heavy atom. The molecule has 3 N–H and O–H groups in total. The lowest BCUT2D eigenvalue weighted by atomic mass is 10.7. The molecule has 0 saturated carbocycles. The molecule has 36 valence electrons. The van der Waals surface area contributed by atoms with E-state index in [1.54, 1.807) is 0 Å². The molecular formula is C3H8N2S. The van der Waals surface area contributed by atoms with Crippen molar-refractivity contribution in [3.8, 4) is 0 Å². The molecule has 0 aliphatic heterocycles. The van der Waals surface area contributed by atoms with E-state index < -0.39 is 0 Å². The molecule has 0 saturated heterocycles. The molecule has 0 rings (SSSR count). The summed E-state index contributed by atoms with van der Waals surface area (Å²) in [5.41, 5.74) is 6.55. The molecule has 0 spiro atoms. The SMILES string of the molecule is NCCNC=S. The first kappa shape index (κ1) is 5.85. The molecule has 0 aromatic rings. The molecule has 0 amide bonds. The Morgan fingerprint density at radius 1 is 1.83 bits per heavy atom. The smallest absolute Gasteiger partial charge is 0.0615 e. The molecule has 2 nitrogen and oxygen atoms in total. The number of nitrogens with two attached hydrogens (primary N) is 1. The fourth-order valence-electron chi connectivity index (χ4n) is 0.142. The second-order valence-electron chi connectivity index (χ2n) is 0.861. The van der Waals surface area contributed by atoms with Crippen LogP contribution in [0.5, 0.6) is 0 Å². The van der Waals surface area contributed by atoms with E-state index in [0.717, 1.165) is 6.54 Å². The maximum Gasteiger partial charge on any atom is 0.0615 e. The Kier molecular flexibility index (Phi) is 4.73. The monoisotopic (exact) mass is 104 g/mol. The van der Waals surface area contributed by atoms with Crippen LogP contribution in [0.25, 0.3) is 0 Å². The molecule has 0 aromatic heterocycles. The van der Waals surface area contributed by atoms with Crippen LogP contribution in [0, 0.1) is 0 Å². The minimum absolute atomic E-state index is 0.646. The van der Waals surface area contributed by atoms with E-state index in [0.29, 0.717) is 6.54 Å². The van der Waals surface area contributed by atoms with Crippen molar-refractivity contribution in [3.05, 3.63) is 0 Å². The molecule has 0 unspecified atom stereocenters. The van der Waals surface area contributed by atoms with Gasteiger partial charge in [0.1, 0.15) is 0 Å². The van der Waals surface area contributed by atoms with E-state index in [1.165, 1.54) is 5.49 Å². The lowest BCUT2D eigenvalue weighted by Gasteiger charge is -1.88. The van der Waals surface area contributed by atoms with Crippen molar-refractivity contribution in [3.63, 3.8) is 0 Å². The lowest BCUT2D eigenvalue weighted by molar-refractivity contribution is 0.896. The first-order chi connectivity index (χ1) is 2.91. The molecule has 0 bridgehead atoms. The largest absolute Gasteiger partial charge is 0.381 e. The van der Waals surface area contributed by atoms with Gasteiger partial charge in [-0.1, -0.05) is 12.2 Å². The maximum atomic E-state index is 5.09. The Morgan fingerprint density at radius 3 is 2.67 bits per heavy atom. The zero-order chi connectivity index (χ0) is 4.83. The third-order valence-electron chi connectivity index (χ3n) is 0.372. The second kappa shape index (κ2) is 4.85. The van der Waals surface area contributed by atoms with Gasteiger partial charge in [-0.2, -0.15) is 0 Å². The number of rotatable bonds is 3. The van der Waals surface area contributed by atoms with Gasteiger partial charge >= 0.3 is 0 Å². The summed E-state index contributed by atoms with van der Waals surface area (Å²) in [4.78, 5) is 0. The van der Waals surface area contributed by atoms with E-state index >= 15 is 0 Å². The zero-order valence-electron chi connectivity index (χ0n) is 3.48. The Balaban J connectivity index is 2.49. The maximum absolute atomic E-state index is 5.09. The van der Waals surface area contributed by atoms with Gasteiger partial charge in [-0.15, -0.1) is 0 Å². The van der Waals surface area contributed by atoms with E-state index in [1.807, 2.05) is 0 Å². The van der Waals surface area contributed by atoms with Crippen LogP contribution in [0.4, 0.5) is 0 Å². The van der Waals surface area contributed by atoms with Crippen LogP contribution in [-0.2, 0) is 0 Å². The van der Waals surface area contributed by atoms with Crippen molar-refractivity contribution in [2.45, 2.75) is 0 Å². The van der Waals surface area contributed by atoms with E-state index in [4.69, 9.17) is 5.73 Å². The quantitative estimate of drug-likeness (QED) is 0.374. The number of thiocarbonyl (C=S) groups is 1. The summed E-state index contributed by atoms with van der Waals surface area (Å²) < 4.78 is 0. The minimum atomic E-state index is 0.646. The highest BCUT2D eigenvalue weighted by atomic mass is 32.1. The van der Waals surface area contributed by atoms with Gasteiger partial charge in [0.15, 0.2) is 0 Å². The van der Waals surface area contributed by atoms with E-state index in [9.17, 15) is 0 Å². The third-order valence-corrected chi connectivity index (χ3v) is 0.539. The summed E-state index contributed by atoms with van der Waals surface area (Å²) in [5, 5.41) is 2.76. The average Bonchev–Trinajstić information content (AvgIpc) is 1.61. The summed E-state index contributed by atoms with van der Waals surface area (Å²) in [6, 6.07) is 0. The van der Waals surface area contributed by atoms with Crippen LogP contribution in [-0.4, -0.2) is 18.6 Å². The Hall–Kier alpha value is -0.150. The highest BCUT2D eigenvalue weighted by molar-refractivity contribution is 7.78. The van der Waals surface area contributed by atoms with E-state index in [2.05, 4.69) is 17.5 Å². The highest BCUT2D eigenvalue weighted by Crippen LogP contribution is 1.44. The molecule has 0 radical (unpaired) electrons. The number of hydrogen-bond donors (Lipinski definition) is 2. The minimum Gasteiger partial charge on any atom is -0.381 e. The summed E-state index contributed by atoms with van der Waals surface area (Å²) in [6.07, 6.45) is 0. The van der Waals surface area contributed by atoms with Gasteiger partial charge in [0.05, 0.1) is 5.49 Å². The van der Waals surface area contributed by atoms with Gasteiger partial charge in [-0.05, 0) is 0 Å². The predicted molar refractivity (Wildman–Crippen MR) is 30.7 cm³/mol. The molecule has 6 heavy (non-hydrogen) atoms. The summed E-state index contributed by atoms with van der Waals surface area (Å²) >= 11 is 4.43. The van der Waals surface area contributed by atoms with Crippen molar-refractivity contribution in [2.24, 2.45) is 5.73 Å². The molecule has 0 aliphatic rings. The van der Waals surface area contributed by atoms with Crippen LogP contribution in [0.1, 0.15) is 0 Å². The van der Waals surface area contributed by atoms with Crippen molar-refractivity contribution >= 4 is 17.7 Å². The molecule has 0 heterocycles. The van der Waals surface area contributed by atoms with Crippen molar-refractivity contribution in [1.29, 1.82) is 0 Å². The molecule has 0 aliphatic carbocycles. The highest BCUT2D eigenvalue weighted by Gasteiger charge is 1.67. The molecular weight excluding hydrogens is 96.1 g/mol. The Labute approximate surface area is 42.7 Å². The van der Waals surface area contributed by atoms with Crippen molar-refractivity contribution < 1.29 is 0 Å². The first-order valence-electron chi connectivity index (χ1n) is 1.79. The van der Waals surface area contributed by atoms with Crippen LogP contribution in [0.2, 0.25) is 0 Å². The summed E-state index contributed by atoms with van der Waals surface area (Å²) in [7, 11) is 0. The average molecular weight is 104 g/mol. The van der Waals surface area contributed by atoms with Crippen LogP contribution < -0.4 is 11.1 Å². The summed E-state index contributed by atoms with van der Waals surface area (Å²) in [5.74, 6) is 0. The second-order valence-corrected chi connectivity index (χ2v) is 1.10. The number of nitrogens with one attached hydrogen (secondary N) is 1. The van der Waals surface area contributed by atoms with Gasteiger partial charge < -0.3 is 11.1 Å². The van der Waals surface area contributed by atoms with Gasteiger partial charge in [0, 0.05) is 13.1 Å². The molecule has 0 atom stereocenters. The van der Waals surface area contributed by atoms with Crippen LogP contribution in [0.15, 0.2) is 0 Å². The summed E-state index contributed by atoms with van der Waals surface area (Å²) in [6.45, 7) is 1.43. The first-order valence-corrected chi connectivity index (χ1v) is 2.26. The van der Waals surface area contributed by atoms with Crippen LogP contribution >= 0.6 is 12.2 Å². The van der Waals surface area contributed by atoms with Crippen molar-refractivity contribution in [1.82, 2.24) is 5.32 Å². The zero-order valence-corrected chi connectivity index (χ0v) is 4.29. The lowest BCUT2D eigenvalue weighted by Crippen LogP contribution is -2.19. The fraction of sp³-hybridized carbons (Fsp3) is 0.667. The topological polar surface area (TPSA) is 38.0 Å². The van der Waals surface area contributed by atoms with E-state index in [-0.39, 0.29) is 0 Å².